The molecular weight excluding hydrogens is 444 g/mol. The van der Waals surface area contributed by atoms with Crippen molar-refractivity contribution < 1.29 is 8.42 Å². The minimum absolute atomic E-state index is 0.126. The molecule has 3 atom stereocenters. The van der Waals surface area contributed by atoms with Crippen LogP contribution in [0.25, 0.3) is 16.8 Å². The van der Waals surface area contributed by atoms with Crippen LogP contribution < -0.4 is 0 Å². The second-order valence-electron chi connectivity index (χ2n) is 10.5. The first-order valence-electron chi connectivity index (χ1n) is 12.1. The van der Waals surface area contributed by atoms with Gasteiger partial charge >= 0.3 is 0 Å². The Balaban J connectivity index is 0.000000459. The number of rotatable bonds is 4. The highest BCUT2D eigenvalue weighted by Crippen LogP contribution is 2.53. The molecule has 0 bridgehead atoms. The molecule has 0 N–H and O–H groups in total. The van der Waals surface area contributed by atoms with Gasteiger partial charge in [0.15, 0.2) is 0 Å². The monoisotopic (exact) mass is 480 g/mol. The number of sulfone groups is 1. The van der Waals surface area contributed by atoms with Gasteiger partial charge in [-0.3, -0.25) is 0 Å². The zero-order valence-corrected chi connectivity index (χ0v) is 21.9. The van der Waals surface area contributed by atoms with Gasteiger partial charge in [0.05, 0.1) is 5.75 Å². The van der Waals surface area contributed by atoms with Gasteiger partial charge in [0.25, 0.3) is 0 Å². The Morgan fingerprint density at radius 1 is 1.12 bits per heavy atom. The van der Waals surface area contributed by atoms with Crippen LogP contribution in [0.5, 0.6) is 0 Å². The fourth-order valence-corrected chi connectivity index (χ4v) is 7.00. The Morgan fingerprint density at radius 3 is 2.48 bits per heavy atom. The Morgan fingerprint density at radius 2 is 1.85 bits per heavy atom. The molecule has 0 spiro atoms. The zero-order valence-electron chi connectivity index (χ0n) is 20.3. The molecule has 2 aromatic carbocycles. The summed E-state index contributed by atoms with van der Waals surface area (Å²) < 4.78 is 23.4. The van der Waals surface area contributed by atoms with E-state index in [1.807, 2.05) is 22.9 Å². The molecule has 1 fully saturated rings. The molecule has 3 unspecified atom stereocenters. The van der Waals surface area contributed by atoms with E-state index in [2.05, 4.69) is 63.3 Å². The molecule has 2 aliphatic carbocycles. The molecule has 5 rings (SSSR count). The van der Waals surface area contributed by atoms with Crippen molar-refractivity contribution in [3.63, 3.8) is 0 Å². The van der Waals surface area contributed by atoms with Gasteiger partial charge in [-0.25, -0.2) is 8.42 Å². The lowest BCUT2D eigenvalue weighted by Gasteiger charge is -2.45. The normalized spacial score (nSPS) is 24.2. The molecule has 1 aromatic heterocycles. The maximum Gasteiger partial charge on any atom is 0.147 e. The number of hydrogen-bond donors (Lipinski definition) is 0. The number of allylic oxidation sites excluding steroid dienone is 1. The molecule has 0 radical (unpaired) electrons. The largest absolute Gasteiger partial charge is 0.229 e. The van der Waals surface area contributed by atoms with Crippen LogP contribution >= 0.6 is 11.3 Å². The first-order chi connectivity index (χ1) is 15.7. The van der Waals surface area contributed by atoms with Crippen LogP contribution in [0, 0.1) is 11.3 Å². The van der Waals surface area contributed by atoms with Crippen LogP contribution in [0.4, 0.5) is 0 Å². The first kappa shape index (κ1) is 24.2. The van der Waals surface area contributed by atoms with Crippen LogP contribution in [0.3, 0.4) is 0 Å². The molecule has 176 valence electrons. The van der Waals surface area contributed by atoms with Crippen LogP contribution in [0.2, 0.25) is 0 Å². The Kier molecular flexibility index (Phi) is 7.16. The quantitative estimate of drug-likeness (QED) is 0.378. The Bertz CT molecular complexity index is 1200. The van der Waals surface area contributed by atoms with E-state index in [4.69, 9.17) is 0 Å². The third-order valence-corrected chi connectivity index (χ3v) is 9.05. The van der Waals surface area contributed by atoms with Gasteiger partial charge in [0.2, 0.25) is 0 Å². The first-order valence-corrected chi connectivity index (χ1v) is 15.1. The fraction of sp³-hybridized carbons (Fsp3) is 0.448. The number of fused-ring (bicyclic) bond motifs is 5. The lowest BCUT2D eigenvalue weighted by molar-refractivity contribution is 0.155. The van der Waals surface area contributed by atoms with Gasteiger partial charge in [-0.2, -0.15) is 11.3 Å². The molecule has 3 aromatic rings. The van der Waals surface area contributed by atoms with Crippen molar-refractivity contribution in [1.82, 2.24) is 0 Å². The summed E-state index contributed by atoms with van der Waals surface area (Å²) >= 11 is 1.71. The van der Waals surface area contributed by atoms with Crippen molar-refractivity contribution in [2.45, 2.75) is 58.3 Å². The minimum atomic E-state index is -2.90. The average molecular weight is 481 g/mol. The summed E-state index contributed by atoms with van der Waals surface area (Å²) in [6.45, 7) is 6.90. The molecule has 2 nitrogen and oxygen atoms in total. The van der Waals surface area contributed by atoms with Crippen LogP contribution in [-0.2, 0) is 9.84 Å². The van der Waals surface area contributed by atoms with Gasteiger partial charge in [0.1, 0.15) is 9.84 Å². The average Bonchev–Trinajstić information content (AvgIpc) is 3.36. The van der Waals surface area contributed by atoms with E-state index in [0.29, 0.717) is 23.5 Å². The maximum absolute atomic E-state index is 11.7. The van der Waals surface area contributed by atoms with Gasteiger partial charge in [-0.05, 0) is 87.1 Å². The standard InChI is InChI=1S/C25H32O2S.C4H4S/c1-17(2)23-15-18-7-5-6-8-20(18)22-10-9-19-16-25(3,13-14-28(4,26)27)12-11-21(19)24(22)23;1-2-4-5-3-1/h5-10,15,17,19,21H,11-14,16H2,1-4H3;1-4H. The summed E-state index contributed by atoms with van der Waals surface area (Å²) in [5.41, 5.74) is 4.60. The summed E-state index contributed by atoms with van der Waals surface area (Å²) in [4.78, 5) is 0. The molecule has 0 aliphatic heterocycles. The summed E-state index contributed by atoms with van der Waals surface area (Å²) in [7, 11) is -2.90. The van der Waals surface area contributed by atoms with Crippen LogP contribution in [0.15, 0.2) is 59.3 Å². The third-order valence-electron chi connectivity index (χ3n) is 7.47. The van der Waals surface area contributed by atoms with E-state index in [0.717, 1.165) is 25.7 Å². The number of benzene rings is 2. The highest BCUT2D eigenvalue weighted by atomic mass is 32.2. The molecule has 1 heterocycles. The second kappa shape index (κ2) is 9.76. The van der Waals surface area contributed by atoms with Crippen LogP contribution in [-0.4, -0.2) is 20.4 Å². The molecule has 0 amide bonds. The smallest absolute Gasteiger partial charge is 0.147 e. The van der Waals surface area contributed by atoms with E-state index in [9.17, 15) is 8.42 Å². The predicted molar refractivity (Wildman–Crippen MR) is 144 cm³/mol. The zero-order chi connectivity index (χ0) is 23.6. The molecule has 2 aliphatic rings. The fourth-order valence-electron chi connectivity index (χ4n) is 5.68. The van der Waals surface area contributed by atoms with E-state index >= 15 is 0 Å². The lowest BCUT2D eigenvalue weighted by atomic mass is 9.60. The second-order valence-corrected chi connectivity index (χ2v) is 13.6. The highest BCUT2D eigenvalue weighted by molar-refractivity contribution is 7.90. The van der Waals surface area contributed by atoms with Crippen molar-refractivity contribution in [3.8, 4) is 0 Å². The minimum Gasteiger partial charge on any atom is -0.229 e. The number of thiophene rings is 1. The predicted octanol–water partition coefficient (Wildman–Crippen LogP) is 8.06. The van der Waals surface area contributed by atoms with Crippen molar-refractivity contribution in [2.75, 3.05) is 12.0 Å². The summed E-state index contributed by atoms with van der Waals surface area (Å²) in [6, 6.07) is 15.2. The molecular formula is C29H36O2S2. The van der Waals surface area contributed by atoms with E-state index in [1.165, 1.54) is 28.2 Å². The van der Waals surface area contributed by atoms with Crippen molar-refractivity contribution in [2.24, 2.45) is 11.3 Å². The lowest BCUT2D eigenvalue weighted by Crippen LogP contribution is -2.33. The van der Waals surface area contributed by atoms with E-state index in [1.54, 1.807) is 16.9 Å². The van der Waals surface area contributed by atoms with E-state index in [-0.39, 0.29) is 5.41 Å². The molecule has 33 heavy (non-hydrogen) atoms. The van der Waals surface area contributed by atoms with Gasteiger partial charge in [0, 0.05) is 6.26 Å². The third kappa shape index (κ3) is 5.60. The summed E-state index contributed by atoms with van der Waals surface area (Å²) in [6.07, 6.45) is 10.3. The SMILES string of the molecule is CC(C)c1cc2ccccc2c2c1C1CCC(C)(CCS(C)(=O)=O)CC1C=C2.c1ccsc1. The summed E-state index contributed by atoms with van der Waals surface area (Å²) in [5.74, 6) is 1.89. The molecule has 4 heteroatoms. The topological polar surface area (TPSA) is 34.1 Å². The Hall–Kier alpha value is -1.91. The highest BCUT2D eigenvalue weighted by Gasteiger charge is 2.40. The van der Waals surface area contributed by atoms with Gasteiger partial charge in [-0.15, -0.1) is 0 Å². The van der Waals surface area contributed by atoms with Gasteiger partial charge < -0.3 is 0 Å². The summed E-state index contributed by atoms with van der Waals surface area (Å²) in [5, 5.41) is 6.78. The Labute approximate surface area is 203 Å². The molecule has 0 saturated heterocycles. The van der Waals surface area contributed by atoms with Crippen LogP contribution in [0.1, 0.15) is 75.0 Å². The van der Waals surface area contributed by atoms with Gasteiger partial charge in [-0.1, -0.05) is 75.4 Å². The van der Waals surface area contributed by atoms with Crippen molar-refractivity contribution in [3.05, 3.63) is 76.0 Å². The van der Waals surface area contributed by atoms with E-state index < -0.39 is 9.84 Å². The number of hydrogen-bond acceptors (Lipinski definition) is 3. The van der Waals surface area contributed by atoms with Crippen molar-refractivity contribution in [1.29, 1.82) is 0 Å². The van der Waals surface area contributed by atoms with Crippen molar-refractivity contribution >= 4 is 38.0 Å². The molecule has 1 saturated carbocycles. The maximum atomic E-state index is 11.7.